The van der Waals surface area contributed by atoms with Crippen molar-refractivity contribution in [2.45, 2.75) is 19.5 Å². The molecule has 0 bridgehead atoms. The zero-order valence-electron chi connectivity index (χ0n) is 19.8. The van der Waals surface area contributed by atoms with Crippen LogP contribution in [0.5, 0.6) is 0 Å². The number of aromatic nitrogens is 2. The zero-order chi connectivity index (χ0) is 24.8. The predicted molar refractivity (Wildman–Crippen MR) is 155 cm³/mol. The SMILES string of the molecule is O=C(Nc1sc2c(c1-c1nc3ccccc3s1)CCN(Cc1ccccc1)C2)c1ccc2ncsc2c1. The fraction of sp³-hybridized carbons (Fsp3) is 0.138. The molecule has 0 radical (unpaired) electrons. The van der Waals surface area contributed by atoms with Crippen molar-refractivity contribution in [2.75, 3.05) is 11.9 Å². The summed E-state index contributed by atoms with van der Waals surface area (Å²) in [5, 5.41) is 5.12. The molecular weight excluding hydrogens is 517 g/mol. The number of amides is 1. The topological polar surface area (TPSA) is 58.1 Å². The molecule has 37 heavy (non-hydrogen) atoms. The molecule has 0 aliphatic carbocycles. The van der Waals surface area contributed by atoms with Gasteiger partial charge >= 0.3 is 0 Å². The third-order valence-electron chi connectivity index (χ3n) is 6.71. The second kappa shape index (κ2) is 9.46. The van der Waals surface area contributed by atoms with E-state index in [0.717, 1.165) is 62.1 Å². The number of hydrogen-bond donors (Lipinski definition) is 1. The number of fused-ring (bicyclic) bond motifs is 3. The summed E-state index contributed by atoms with van der Waals surface area (Å²) in [4.78, 5) is 26.5. The lowest BCUT2D eigenvalue weighted by Crippen LogP contribution is -2.29. The Morgan fingerprint density at radius 1 is 0.946 bits per heavy atom. The first-order valence-corrected chi connectivity index (χ1v) is 14.6. The first-order valence-electron chi connectivity index (χ1n) is 12.1. The minimum atomic E-state index is -0.0996. The average Bonchev–Trinajstić information content (AvgIpc) is 3.64. The Hall–Kier alpha value is -3.43. The van der Waals surface area contributed by atoms with E-state index in [4.69, 9.17) is 4.98 Å². The number of rotatable bonds is 5. The number of thiophene rings is 1. The summed E-state index contributed by atoms with van der Waals surface area (Å²) in [6.45, 7) is 2.77. The van der Waals surface area contributed by atoms with Crippen molar-refractivity contribution in [3.8, 4) is 10.6 Å². The van der Waals surface area contributed by atoms with E-state index in [1.807, 2.05) is 35.8 Å². The van der Waals surface area contributed by atoms with Crippen molar-refractivity contribution in [3.05, 3.63) is 99.9 Å². The van der Waals surface area contributed by atoms with Crippen LogP contribution in [0.2, 0.25) is 0 Å². The van der Waals surface area contributed by atoms with Crippen molar-refractivity contribution in [1.82, 2.24) is 14.9 Å². The van der Waals surface area contributed by atoms with Crippen molar-refractivity contribution < 1.29 is 4.79 Å². The quantitative estimate of drug-likeness (QED) is 0.248. The average molecular weight is 539 g/mol. The van der Waals surface area contributed by atoms with Gasteiger partial charge in [-0.1, -0.05) is 42.5 Å². The second-order valence-corrected chi connectivity index (χ2v) is 12.2. The molecule has 5 nitrogen and oxygen atoms in total. The maximum absolute atomic E-state index is 13.4. The Balaban J connectivity index is 1.26. The molecule has 8 heteroatoms. The highest BCUT2D eigenvalue weighted by atomic mass is 32.1. The minimum Gasteiger partial charge on any atom is -0.313 e. The highest BCUT2D eigenvalue weighted by Crippen LogP contribution is 2.46. The third kappa shape index (κ3) is 4.36. The molecule has 0 atom stereocenters. The van der Waals surface area contributed by atoms with Crippen LogP contribution in [-0.2, 0) is 19.5 Å². The Labute approximate surface area is 226 Å². The smallest absolute Gasteiger partial charge is 0.256 e. The molecule has 4 heterocycles. The molecule has 0 spiro atoms. The molecule has 3 aromatic heterocycles. The molecule has 1 aliphatic rings. The third-order valence-corrected chi connectivity index (χ3v) is 9.69. The maximum atomic E-state index is 13.4. The van der Waals surface area contributed by atoms with Crippen LogP contribution in [0, 0.1) is 0 Å². The lowest BCUT2D eigenvalue weighted by molar-refractivity contribution is 0.102. The van der Waals surface area contributed by atoms with Crippen LogP contribution in [0.15, 0.2) is 78.3 Å². The van der Waals surface area contributed by atoms with Gasteiger partial charge in [0.1, 0.15) is 10.0 Å². The van der Waals surface area contributed by atoms with Crippen LogP contribution < -0.4 is 5.32 Å². The van der Waals surface area contributed by atoms with Crippen LogP contribution >= 0.6 is 34.0 Å². The molecule has 1 amide bonds. The van der Waals surface area contributed by atoms with Gasteiger partial charge in [-0.25, -0.2) is 9.97 Å². The standard InChI is InChI=1S/C29H22N4OS3/c34-27(19-10-11-21-24(14-19)35-17-30-21)32-29-26(28-31-22-8-4-5-9-23(22)36-28)20-12-13-33(16-25(20)37-29)15-18-6-2-1-3-7-18/h1-11,14,17H,12-13,15-16H2,(H,32,34). The number of nitrogens with one attached hydrogen (secondary N) is 1. The van der Waals surface area contributed by atoms with Gasteiger partial charge in [0, 0.05) is 35.6 Å². The van der Waals surface area contributed by atoms with Crippen molar-refractivity contribution in [2.24, 2.45) is 0 Å². The lowest BCUT2D eigenvalue weighted by atomic mass is 10.0. The minimum absolute atomic E-state index is 0.0996. The van der Waals surface area contributed by atoms with Crippen LogP contribution in [0.1, 0.15) is 26.4 Å². The van der Waals surface area contributed by atoms with Crippen LogP contribution in [0.25, 0.3) is 31.0 Å². The Kier molecular flexibility index (Phi) is 5.82. The monoisotopic (exact) mass is 538 g/mol. The fourth-order valence-electron chi connectivity index (χ4n) is 4.90. The highest BCUT2D eigenvalue weighted by molar-refractivity contribution is 7.23. The Bertz CT molecular complexity index is 1720. The van der Waals surface area contributed by atoms with Gasteiger partial charge in [0.15, 0.2) is 0 Å². The summed E-state index contributed by atoms with van der Waals surface area (Å²) in [5.74, 6) is -0.0996. The number of hydrogen-bond acceptors (Lipinski definition) is 7. The van der Waals surface area contributed by atoms with Gasteiger partial charge in [-0.3, -0.25) is 9.69 Å². The highest BCUT2D eigenvalue weighted by Gasteiger charge is 2.28. The van der Waals surface area contributed by atoms with E-state index in [1.165, 1.54) is 16.0 Å². The molecule has 0 saturated carbocycles. The van der Waals surface area contributed by atoms with Gasteiger partial charge in [0.2, 0.25) is 0 Å². The maximum Gasteiger partial charge on any atom is 0.256 e. The van der Waals surface area contributed by atoms with Crippen molar-refractivity contribution in [1.29, 1.82) is 0 Å². The molecule has 0 saturated heterocycles. The van der Waals surface area contributed by atoms with E-state index in [0.29, 0.717) is 5.56 Å². The number of thiazole rings is 2. The molecule has 7 rings (SSSR count). The summed E-state index contributed by atoms with van der Waals surface area (Å²) in [6, 6.07) is 24.5. The van der Waals surface area contributed by atoms with Crippen LogP contribution in [-0.4, -0.2) is 27.3 Å². The van der Waals surface area contributed by atoms with Gasteiger partial charge in [-0.05, 0) is 47.9 Å². The van der Waals surface area contributed by atoms with Crippen LogP contribution in [0.3, 0.4) is 0 Å². The Morgan fingerprint density at radius 2 is 1.81 bits per heavy atom. The fourth-order valence-corrected chi connectivity index (χ4v) is 8.01. The Morgan fingerprint density at radius 3 is 2.70 bits per heavy atom. The molecule has 0 fully saturated rings. The van der Waals surface area contributed by atoms with E-state index in [1.54, 1.807) is 34.0 Å². The van der Waals surface area contributed by atoms with Gasteiger partial charge in [0.05, 0.1) is 25.9 Å². The molecular formula is C29H22N4OS3. The van der Waals surface area contributed by atoms with Gasteiger partial charge < -0.3 is 5.32 Å². The molecule has 0 unspecified atom stereocenters. The van der Waals surface area contributed by atoms with Crippen molar-refractivity contribution in [3.63, 3.8) is 0 Å². The summed E-state index contributed by atoms with van der Waals surface area (Å²) >= 11 is 4.94. The van der Waals surface area contributed by atoms with Gasteiger partial charge in [0.25, 0.3) is 5.91 Å². The first kappa shape index (κ1) is 22.7. The number of benzene rings is 3. The number of nitrogens with zero attached hydrogens (tertiary/aromatic N) is 3. The summed E-state index contributed by atoms with van der Waals surface area (Å²) < 4.78 is 2.17. The predicted octanol–water partition coefficient (Wildman–Crippen LogP) is 7.45. The summed E-state index contributed by atoms with van der Waals surface area (Å²) in [5.41, 5.74) is 8.10. The first-order chi connectivity index (χ1) is 18.2. The van der Waals surface area contributed by atoms with E-state index >= 15 is 0 Å². The number of carbonyl (C=O) groups is 1. The molecule has 3 aromatic carbocycles. The summed E-state index contributed by atoms with van der Waals surface area (Å²) in [6.07, 6.45) is 0.937. The molecule has 1 N–H and O–H groups in total. The normalized spacial score (nSPS) is 13.7. The number of carbonyl (C=O) groups excluding carboxylic acids is 1. The van der Waals surface area contributed by atoms with E-state index in [-0.39, 0.29) is 5.91 Å². The molecule has 182 valence electrons. The summed E-state index contributed by atoms with van der Waals surface area (Å²) in [7, 11) is 0. The van der Waals surface area contributed by atoms with Crippen LogP contribution in [0.4, 0.5) is 5.00 Å². The van der Waals surface area contributed by atoms with Gasteiger partial charge in [-0.15, -0.1) is 34.0 Å². The second-order valence-electron chi connectivity index (χ2n) is 9.13. The van der Waals surface area contributed by atoms with Crippen molar-refractivity contribution >= 4 is 65.4 Å². The number of para-hydroxylation sites is 1. The molecule has 1 aliphatic heterocycles. The van der Waals surface area contributed by atoms with E-state index in [9.17, 15) is 4.79 Å². The number of anilines is 1. The molecule has 6 aromatic rings. The van der Waals surface area contributed by atoms with E-state index < -0.39 is 0 Å². The largest absolute Gasteiger partial charge is 0.313 e. The van der Waals surface area contributed by atoms with Gasteiger partial charge in [-0.2, -0.15) is 0 Å². The zero-order valence-corrected chi connectivity index (χ0v) is 22.3. The lowest BCUT2D eigenvalue weighted by Gasteiger charge is -2.27. The van der Waals surface area contributed by atoms with E-state index in [2.05, 4.69) is 57.7 Å².